The molecule has 532 valence electrons. The number of nitrogens with one attached hydrogen (secondary N) is 6. The zero-order valence-corrected chi connectivity index (χ0v) is 62.7. The number of aliphatic imine (C=N–C) groups is 4. The van der Waals surface area contributed by atoms with Crippen molar-refractivity contribution in [1.82, 2.24) is 29.9 Å². The minimum absolute atomic E-state index is 0.0663. The largest absolute Gasteiger partial charge is 0.469 e. The first-order chi connectivity index (χ1) is 48.6. The van der Waals surface area contributed by atoms with Gasteiger partial charge in [-0.2, -0.15) is 0 Å². The molecular weight excluding hydrogens is 1280 g/mol. The quantitative estimate of drug-likeness (QED) is 0.0349. The maximum atomic E-state index is 13.4. The molecular formula is C82H94N10O10. The Hall–Kier alpha value is -10.5. The topological polar surface area (TPSA) is 284 Å². The average molecular weight is 1380 g/mol. The molecule has 102 heavy (non-hydrogen) atoms. The fourth-order valence-electron chi connectivity index (χ4n) is 15.5. The van der Waals surface area contributed by atoms with Crippen LogP contribution >= 0.6 is 0 Å². The van der Waals surface area contributed by atoms with Gasteiger partial charge >= 0.3 is 23.9 Å². The summed E-state index contributed by atoms with van der Waals surface area (Å²) in [4.78, 5) is 123. The third-order valence-electron chi connectivity index (χ3n) is 21.8. The molecule has 20 heteroatoms. The molecule has 11 rings (SSSR count). The first kappa shape index (κ1) is 72.7. The number of carbonyl (C=O) groups excluding carboxylic acids is 6. The number of hydrogen-bond donors (Lipinski definition) is 6. The summed E-state index contributed by atoms with van der Waals surface area (Å²) in [5.41, 5.74) is 30.2. The molecule has 6 aromatic heterocycles. The summed E-state index contributed by atoms with van der Waals surface area (Å²) in [7, 11) is 5.57. The van der Waals surface area contributed by atoms with E-state index in [9.17, 15) is 28.8 Å². The highest BCUT2D eigenvalue weighted by molar-refractivity contribution is 6.35. The summed E-state index contributed by atoms with van der Waals surface area (Å²) in [6.45, 7) is 32.6. The van der Waals surface area contributed by atoms with E-state index in [2.05, 4.69) is 121 Å². The van der Waals surface area contributed by atoms with Gasteiger partial charge in [-0.05, 0) is 260 Å². The van der Waals surface area contributed by atoms with Crippen LogP contribution in [0.5, 0.6) is 0 Å². The van der Waals surface area contributed by atoms with Crippen LogP contribution in [0.1, 0.15) is 205 Å². The number of esters is 4. The Balaban J connectivity index is 1.23. The van der Waals surface area contributed by atoms with Gasteiger partial charge in [-0.15, -0.1) is 0 Å². The first-order valence-electron chi connectivity index (χ1n) is 35.1. The van der Waals surface area contributed by atoms with E-state index in [1.54, 1.807) is 13.8 Å². The van der Waals surface area contributed by atoms with Crippen LogP contribution in [0.3, 0.4) is 0 Å². The smallest absolute Gasteiger partial charge is 0.305 e. The van der Waals surface area contributed by atoms with Gasteiger partial charge in [-0.25, -0.2) is 20.0 Å². The van der Waals surface area contributed by atoms with E-state index in [0.29, 0.717) is 83.9 Å². The molecule has 0 aromatic carbocycles. The Labute approximate surface area is 594 Å². The number of methoxy groups -OCH3 is 4. The molecule has 0 radical (unpaired) electrons. The van der Waals surface area contributed by atoms with Gasteiger partial charge in [0, 0.05) is 106 Å². The molecule has 0 fully saturated rings. The predicted molar refractivity (Wildman–Crippen MR) is 399 cm³/mol. The van der Waals surface area contributed by atoms with Crippen LogP contribution in [0.25, 0.3) is 23.3 Å². The molecule has 5 aliphatic rings. The van der Waals surface area contributed by atoms with Gasteiger partial charge in [0.1, 0.15) is 0 Å². The molecule has 0 unspecified atom stereocenters. The zero-order chi connectivity index (χ0) is 73.8. The number of ether oxygens (including phenoxy) is 4. The minimum atomic E-state index is -0.378. The fraction of sp³-hybridized carbons (Fsp3) is 0.390. The molecule has 6 N–H and O–H groups in total. The summed E-state index contributed by atoms with van der Waals surface area (Å²) < 4.78 is 21.2. The van der Waals surface area contributed by atoms with Crippen LogP contribution < -0.4 is 21.4 Å². The second kappa shape index (κ2) is 29.2. The standard InChI is InChI=1S/C82H94N10O10/c1-21-51-45(11)81(97)91-67(51)35-65-39(5)55(25-29-71(95)101-19)79(89-65)73-75-43(9)59(49(15)85-75)31-57-41(7)62(84-47(57)13)34-64-38(4)54(24-28-70(94)100-18)78(88-64)74(80-56(26-30-72(96)102-20)40(6)66(90-80)36-68-52(22-2)46(12)82(98)92-68)76-44(10)60(50(16)86-76)32-58-42(8)61(83-48(58)14)33-63-37(3)53(77(73)87-63)23-27-69(93)99-17/h33-36,83-88H,21-32H2,1-20H3/b63-33+,64-34+,65-35+,66-36+,77-73-,78-74-. The van der Waals surface area contributed by atoms with Crippen LogP contribution in [0.2, 0.25) is 0 Å². The Morgan fingerprint density at radius 1 is 0.402 bits per heavy atom. The minimum Gasteiger partial charge on any atom is -0.469 e. The number of nitrogens with zero attached hydrogens (tertiary/aromatic N) is 4. The van der Waals surface area contributed by atoms with Gasteiger partial charge < -0.3 is 48.9 Å². The molecule has 0 atom stereocenters. The van der Waals surface area contributed by atoms with Gasteiger partial charge in [-0.3, -0.25) is 28.8 Å². The van der Waals surface area contributed by atoms with Crippen molar-refractivity contribution in [3.63, 3.8) is 0 Å². The molecule has 20 nitrogen and oxygen atoms in total. The SMILES string of the molecule is CCC1=C(C)C(=O)N=C1/C=C1N=C(/C2=c3\[nH]/c(c(C)c3CCC(=O)OC)=C/c3[nH]c(C)c(c3C)Cc3c(C)[nH]c(c3C)/C(C3=N/C(=C/C4=NC(=O)C(C)=C4CC)C(C)=C3CCC(=O)OC)=c3/[nH]/c(c(C)c3CCC(=O)OC)=C/c3[nH]c(C)c(c3C)Cc3c(C)[nH]c2c3C)C(CCC(=O)OC)=C/1C. The van der Waals surface area contributed by atoms with Crippen LogP contribution in [0, 0.1) is 69.2 Å². The lowest BCUT2D eigenvalue weighted by molar-refractivity contribution is -0.141. The molecule has 6 aromatic rings. The Kier molecular flexibility index (Phi) is 20.8. The van der Waals surface area contributed by atoms with E-state index in [1.165, 1.54) is 28.4 Å². The molecule has 0 saturated heterocycles. The van der Waals surface area contributed by atoms with Crippen LogP contribution in [0.4, 0.5) is 0 Å². The van der Waals surface area contributed by atoms with E-state index in [-0.39, 0.29) is 74.2 Å². The van der Waals surface area contributed by atoms with Crippen LogP contribution in [-0.4, -0.2) is 117 Å². The van der Waals surface area contributed by atoms with E-state index in [4.69, 9.17) is 28.9 Å². The zero-order valence-electron chi connectivity index (χ0n) is 62.7. The summed E-state index contributed by atoms with van der Waals surface area (Å²) in [5, 5.41) is 3.07. The van der Waals surface area contributed by atoms with E-state index < -0.39 is 0 Å². The van der Waals surface area contributed by atoms with Crippen molar-refractivity contribution in [1.29, 1.82) is 0 Å². The lowest BCUT2D eigenvalue weighted by atomic mass is 9.90. The van der Waals surface area contributed by atoms with Crippen molar-refractivity contribution in [2.45, 2.75) is 188 Å². The number of amides is 2. The van der Waals surface area contributed by atoms with Crippen molar-refractivity contribution >= 4 is 81.8 Å². The highest BCUT2D eigenvalue weighted by Crippen LogP contribution is 2.40. The van der Waals surface area contributed by atoms with Gasteiger partial charge in [-0.1, -0.05) is 13.8 Å². The maximum Gasteiger partial charge on any atom is 0.305 e. The number of carbonyl (C=O) groups is 6. The number of allylic oxidation sites excluding steroid dienone is 8. The molecule has 0 spiro atoms. The van der Waals surface area contributed by atoms with Crippen molar-refractivity contribution in [3.05, 3.63) is 202 Å². The predicted octanol–water partition coefficient (Wildman–Crippen LogP) is 11.1. The Bertz CT molecular complexity index is 4950. The summed E-state index contributed by atoms with van der Waals surface area (Å²) in [5.74, 6) is -2.05. The highest BCUT2D eigenvalue weighted by atomic mass is 16.5. The van der Waals surface area contributed by atoms with Crippen molar-refractivity contribution in [2.24, 2.45) is 20.0 Å². The molecule has 11 heterocycles. The van der Waals surface area contributed by atoms with Crippen LogP contribution in [0.15, 0.2) is 88.1 Å². The molecule has 5 aliphatic heterocycles. The third-order valence-corrected chi connectivity index (χ3v) is 21.8. The summed E-state index contributed by atoms with van der Waals surface area (Å²) in [6, 6.07) is 0. The molecule has 0 aliphatic carbocycles. The van der Waals surface area contributed by atoms with Gasteiger partial charge in [0.25, 0.3) is 11.8 Å². The van der Waals surface area contributed by atoms with Gasteiger partial charge in [0.05, 0.1) is 84.8 Å². The second-order valence-corrected chi connectivity index (χ2v) is 27.4. The monoisotopic (exact) mass is 1380 g/mol. The number of aromatic nitrogens is 6. The van der Waals surface area contributed by atoms with Crippen molar-refractivity contribution in [2.75, 3.05) is 28.4 Å². The number of hydrogen-bond acceptors (Lipinski definition) is 12. The summed E-state index contributed by atoms with van der Waals surface area (Å²) in [6.07, 6.45) is 11.8. The number of aryl methyl sites for hydroxylation is 4. The van der Waals surface area contributed by atoms with Crippen LogP contribution in [-0.2, 0) is 73.4 Å². The maximum absolute atomic E-state index is 13.4. The normalized spacial score (nSPS) is 18.1. The molecule has 2 amide bonds. The molecule has 12 bridgehead atoms. The number of fused-ring (bicyclic) bond motifs is 12. The fourth-order valence-corrected chi connectivity index (χ4v) is 15.5. The summed E-state index contributed by atoms with van der Waals surface area (Å²) >= 11 is 0. The lowest BCUT2D eigenvalue weighted by Gasteiger charge is -2.14. The van der Waals surface area contributed by atoms with E-state index in [0.717, 1.165) is 178 Å². The van der Waals surface area contributed by atoms with Crippen molar-refractivity contribution < 1.29 is 47.7 Å². The third kappa shape index (κ3) is 13.3. The highest BCUT2D eigenvalue weighted by Gasteiger charge is 2.35. The Morgan fingerprint density at radius 3 is 1.06 bits per heavy atom. The Morgan fingerprint density at radius 2 is 0.725 bits per heavy atom. The van der Waals surface area contributed by atoms with Crippen molar-refractivity contribution in [3.8, 4) is 0 Å². The van der Waals surface area contributed by atoms with Gasteiger partial charge in [0.2, 0.25) is 0 Å². The number of aromatic amines is 6. The number of rotatable bonds is 18. The van der Waals surface area contributed by atoms with E-state index >= 15 is 0 Å². The second-order valence-electron chi connectivity index (χ2n) is 27.4. The van der Waals surface area contributed by atoms with E-state index in [1.807, 2.05) is 39.8 Å². The molecule has 0 saturated carbocycles. The first-order valence-corrected chi connectivity index (χ1v) is 35.1. The van der Waals surface area contributed by atoms with Gasteiger partial charge in [0.15, 0.2) is 0 Å². The lowest BCUT2D eigenvalue weighted by Crippen LogP contribution is -2.23. The number of H-pyrrole nitrogens is 6. The average Bonchev–Trinajstić information content (AvgIpc) is 1.57.